The number of aromatic nitrogens is 1. The molecule has 1 heterocycles. The first-order valence-corrected chi connectivity index (χ1v) is 6.78. The number of carboxylic acid groups (broad SMARTS) is 1. The number of carboxylic acids is 1. The van der Waals surface area contributed by atoms with Gasteiger partial charge < -0.3 is 10.4 Å². The smallest absolute Gasteiger partial charge is 0.355 e. The van der Waals surface area contributed by atoms with Gasteiger partial charge in [0.25, 0.3) is 5.91 Å². The van der Waals surface area contributed by atoms with Crippen molar-refractivity contribution in [1.82, 2.24) is 10.3 Å². The van der Waals surface area contributed by atoms with Gasteiger partial charge in [-0.25, -0.2) is 9.78 Å². The maximum absolute atomic E-state index is 12.0. The van der Waals surface area contributed by atoms with Crippen molar-refractivity contribution in [3.05, 3.63) is 16.1 Å². The molecule has 5 nitrogen and oxygen atoms in total. The number of carbonyl (C=O) groups is 2. The van der Waals surface area contributed by atoms with E-state index in [1.807, 2.05) is 0 Å². The lowest BCUT2D eigenvalue weighted by molar-refractivity contribution is 0.0691. The molecule has 1 fully saturated rings. The molecule has 0 saturated heterocycles. The van der Waals surface area contributed by atoms with Gasteiger partial charge in [-0.2, -0.15) is 0 Å². The van der Waals surface area contributed by atoms with Crippen molar-refractivity contribution in [2.45, 2.75) is 39.2 Å². The predicted octanol–water partition coefficient (Wildman–Crippen LogP) is 2.15. The van der Waals surface area contributed by atoms with Gasteiger partial charge in [0.15, 0.2) is 10.7 Å². The van der Waals surface area contributed by atoms with Crippen molar-refractivity contribution in [3.63, 3.8) is 0 Å². The molecule has 0 aliphatic heterocycles. The molecule has 6 heteroatoms. The van der Waals surface area contributed by atoms with Crippen LogP contribution in [0.15, 0.2) is 5.38 Å². The summed E-state index contributed by atoms with van der Waals surface area (Å²) in [5.41, 5.74) is 0.0264. The van der Waals surface area contributed by atoms with E-state index in [2.05, 4.69) is 24.1 Å². The van der Waals surface area contributed by atoms with E-state index >= 15 is 0 Å². The molecular weight excluding hydrogens is 252 g/mol. The largest absolute Gasteiger partial charge is 0.476 e. The van der Waals surface area contributed by atoms with E-state index < -0.39 is 5.97 Å². The molecule has 1 saturated carbocycles. The van der Waals surface area contributed by atoms with Gasteiger partial charge in [0, 0.05) is 11.4 Å². The predicted molar refractivity (Wildman–Crippen MR) is 68.0 cm³/mol. The Labute approximate surface area is 109 Å². The second-order valence-electron chi connectivity index (χ2n) is 5.25. The average molecular weight is 268 g/mol. The molecule has 1 amide bonds. The number of thiazole rings is 1. The average Bonchev–Trinajstić information content (AvgIpc) is 2.86. The summed E-state index contributed by atoms with van der Waals surface area (Å²) in [6.07, 6.45) is 3.17. The fraction of sp³-hybridized carbons (Fsp3) is 0.583. The standard InChI is InChI=1S/C12H16N2O3S/c1-12(2)5-3-4-8(12)14-9(15)10-13-7(6-18-10)11(16)17/h6,8H,3-5H2,1-2H3,(H,14,15)(H,16,17). The summed E-state index contributed by atoms with van der Waals surface area (Å²) in [5.74, 6) is -1.38. The number of hydrogen-bond acceptors (Lipinski definition) is 4. The summed E-state index contributed by atoms with van der Waals surface area (Å²) >= 11 is 1.07. The molecule has 0 radical (unpaired) electrons. The van der Waals surface area contributed by atoms with Gasteiger partial charge in [0.05, 0.1) is 0 Å². The third-order valence-corrected chi connectivity index (χ3v) is 4.32. The lowest BCUT2D eigenvalue weighted by atomic mass is 9.87. The fourth-order valence-corrected chi connectivity index (χ4v) is 2.98. The van der Waals surface area contributed by atoms with Crippen molar-refractivity contribution in [2.24, 2.45) is 5.41 Å². The Morgan fingerprint density at radius 2 is 2.28 bits per heavy atom. The van der Waals surface area contributed by atoms with Crippen molar-refractivity contribution in [2.75, 3.05) is 0 Å². The molecule has 18 heavy (non-hydrogen) atoms. The lowest BCUT2D eigenvalue weighted by Crippen LogP contribution is -2.41. The molecule has 0 bridgehead atoms. The first kappa shape index (κ1) is 13.0. The number of carbonyl (C=O) groups excluding carboxylic acids is 1. The van der Waals surface area contributed by atoms with E-state index in [1.165, 1.54) is 5.38 Å². The maximum Gasteiger partial charge on any atom is 0.355 e. The van der Waals surface area contributed by atoms with Crippen molar-refractivity contribution in [3.8, 4) is 0 Å². The van der Waals surface area contributed by atoms with Gasteiger partial charge in [0.2, 0.25) is 0 Å². The van der Waals surface area contributed by atoms with E-state index in [1.54, 1.807) is 0 Å². The summed E-state index contributed by atoms with van der Waals surface area (Å²) in [4.78, 5) is 26.5. The third kappa shape index (κ3) is 2.53. The van der Waals surface area contributed by atoms with Crippen LogP contribution in [0.2, 0.25) is 0 Å². The zero-order valence-electron chi connectivity index (χ0n) is 10.4. The first-order valence-electron chi connectivity index (χ1n) is 5.90. The van der Waals surface area contributed by atoms with Crippen LogP contribution in [0.1, 0.15) is 53.4 Å². The van der Waals surface area contributed by atoms with E-state index in [0.717, 1.165) is 30.6 Å². The van der Waals surface area contributed by atoms with Crippen LogP contribution in [0, 0.1) is 5.41 Å². The molecule has 1 aliphatic carbocycles. The van der Waals surface area contributed by atoms with Crippen LogP contribution in [-0.4, -0.2) is 28.0 Å². The topological polar surface area (TPSA) is 79.3 Å². The Kier molecular flexibility index (Phi) is 3.38. The monoisotopic (exact) mass is 268 g/mol. The minimum atomic E-state index is -1.11. The zero-order chi connectivity index (χ0) is 13.3. The van der Waals surface area contributed by atoms with Gasteiger partial charge in [0.1, 0.15) is 0 Å². The Bertz CT molecular complexity index is 481. The second-order valence-corrected chi connectivity index (χ2v) is 6.11. The Morgan fingerprint density at radius 3 is 2.78 bits per heavy atom. The van der Waals surface area contributed by atoms with Gasteiger partial charge in [-0.15, -0.1) is 11.3 Å². The van der Waals surface area contributed by atoms with E-state index in [9.17, 15) is 9.59 Å². The molecule has 1 aliphatic rings. The molecule has 1 unspecified atom stereocenters. The highest BCUT2D eigenvalue weighted by atomic mass is 32.1. The van der Waals surface area contributed by atoms with Crippen molar-refractivity contribution in [1.29, 1.82) is 0 Å². The molecule has 0 spiro atoms. The molecule has 2 N–H and O–H groups in total. The minimum Gasteiger partial charge on any atom is -0.476 e. The van der Waals surface area contributed by atoms with Crippen LogP contribution in [0.4, 0.5) is 0 Å². The molecule has 2 rings (SSSR count). The lowest BCUT2D eigenvalue weighted by Gasteiger charge is -2.27. The molecule has 1 aromatic rings. The summed E-state index contributed by atoms with van der Waals surface area (Å²) in [6, 6.07) is 0.141. The van der Waals surface area contributed by atoms with Crippen LogP contribution in [0.25, 0.3) is 0 Å². The molecular formula is C12H16N2O3S. The number of hydrogen-bond donors (Lipinski definition) is 2. The van der Waals surface area contributed by atoms with Gasteiger partial charge in [-0.3, -0.25) is 4.79 Å². The Balaban J connectivity index is 2.05. The van der Waals surface area contributed by atoms with E-state index in [4.69, 9.17) is 5.11 Å². The van der Waals surface area contributed by atoms with Gasteiger partial charge in [-0.05, 0) is 18.3 Å². The summed E-state index contributed by atoms with van der Waals surface area (Å²) < 4.78 is 0. The third-order valence-electron chi connectivity index (χ3n) is 3.48. The van der Waals surface area contributed by atoms with Gasteiger partial charge >= 0.3 is 5.97 Å². The normalized spacial score (nSPS) is 21.8. The van der Waals surface area contributed by atoms with E-state index in [-0.39, 0.29) is 28.1 Å². The Hall–Kier alpha value is -1.43. The van der Waals surface area contributed by atoms with Crippen LogP contribution in [-0.2, 0) is 0 Å². The van der Waals surface area contributed by atoms with E-state index in [0.29, 0.717) is 0 Å². The number of nitrogens with zero attached hydrogens (tertiary/aromatic N) is 1. The molecule has 0 aromatic carbocycles. The Morgan fingerprint density at radius 1 is 1.56 bits per heavy atom. The minimum absolute atomic E-state index is 0.0733. The summed E-state index contributed by atoms with van der Waals surface area (Å²) in [6.45, 7) is 4.27. The van der Waals surface area contributed by atoms with Crippen LogP contribution in [0.5, 0.6) is 0 Å². The quantitative estimate of drug-likeness (QED) is 0.880. The SMILES string of the molecule is CC1(C)CCCC1NC(=O)c1nc(C(=O)O)cs1. The number of amides is 1. The van der Waals surface area contributed by atoms with Crippen LogP contribution in [0.3, 0.4) is 0 Å². The summed E-state index contributed by atoms with van der Waals surface area (Å²) in [5, 5.41) is 13.3. The molecule has 1 atom stereocenters. The number of aromatic carboxylic acids is 1. The van der Waals surface area contributed by atoms with Crippen LogP contribution >= 0.6 is 11.3 Å². The number of rotatable bonds is 3. The highest BCUT2D eigenvalue weighted by Crippen LogP contribution is 2.37. The van der Waals surface area contributed by atoms with Gasteiger partial charge in [-0.1, -0.05) is 20.3 Å². The number of nitrogens with one attached hydrogen (secondary N) is 1. The summed E-state index contributed by atoms with van der Waals surface area (Å²) in [7, 11) is 0. The first-order chi connectivity index (χ1) is 8.40. The fourth-order valence-electron chi connectivity index (χ4n) is 2.29. The molecule has 1 aromatic heterocycles. The highest BCUT2D eigenvalue weighted by Gasteiger charge is 2.35. The highest BCUT2D eigenvalue weighted by molar-refractivity contribution is 7.11. The zero-order valence-corrected chi connectivity index (χ0v) is 11.2. The van der Waals surface area contributed by atoms with Crippen molar-refractivity contribution < 1.29 is 14.7 Å². The van der Waals surface area contributed by atoms with Crippen molar-refractivity contribution >= 4 is 23.2 Å². The molecule has 98 valence electrons. The second kappa shape index (κ2) is 4.68. The van der Waals surface area contributed by atoms with Crippen LogP contribution < -0.4 is 5.32 Å². The maximum atomic E-state index is 12.0.